The van der Waals surface area contributed by atoms with Gasteiger partial charge in [-0.05, 0) is 62.4 Å². The first-order chi connectivity index (χ1) is 12.4. The van der Waals surface area contributed by atoms with Crippen molar-refractivity contribution in [1.82, 2.24) is 4.90 Å². The summed E-state index contributed by atoms with van der Waals surface area (Å²) in [6, 6.07) is 0.333. The van der Waals surface area contributed by atoms with Crippen molar-refractivity contribution in [2.45, 2.75) is 71.3 Å². The van der Waals surface area contributed by atoms with Gasteiger partial charge in [-0.2, -0.15) is 0 Å². The fraction of sp³-hybridized carbons (Fsp3) is 0.818. The fourth-order valence-corrected chi connectivity index (χ4v) is 6.72. The highest BCUT2D eigenvalue weighted by Gasteiger charge is 2.52. The zero-order valence-electron chi connectivity index (χ0n) is 16.5. The molecular formula is C22H34BrNO2. The van der Waals surface area contributed by atoms with Crippen LogP contribution in [0.1, 0.15) is 65.2 Å². The summed E-state index contributed by atoms with van der Waals surface area (Å²) >= 11 is 3.36. The third-order valence-electron chi connectivity index (χ3n) is 7.74. The summed E-state index contributed by atoms with van der Waals surface area (Å²) in [5, 5.41) is 0.504. The second kappa shape index (κ2) is 8.16. The maximum absolute atomic E-state index is 12.2. The van der Waals surface area contributed by atoms with Gasteiger partial charge in [-0.3, -0.25) is 9.59 Å². The van der Waals surface area contributed by atoms with E-state index in [0.717, 1.165) is 19.3 Å². The van der Waals surface area contributed by atoms with E-state index in [1.54, 1.807) is 0 Å². The maximum Gasteiger partial charge on any atom is 0.246 e. The molecule has 2 unspecified atom stereocenters. The summed E-state index contributed by atoms with van der Waals surface area (Å²) in [4.78, 5) is 26.3. The van der Waals surface area contributed by atoms with Crippen LogP contribution in [0, 0.1) is 29.1 Å². The first kappa shape index (κ1) is 20.1. The Morgan fingerprint density at radius 3 is 2.77 bits per heavy atom. The van der Waals surface area contributed by atoms with Crippen LogP contribution in [0.5, 0.6) is 0 Å². The van der Waals surface area contributed by atoms with Crippen molar-refractivity contribution in [1.29, 1.82) is 0 Å². The van der Waals surface area contributed by atoms with Gasteiger partial charge in [0.2, 0.25) is 5.91 Å². The molecule has 2 aliphatic carbocycles. The highest BCUT2D eigenvalue weighted by atomic mass is 79.9. The normalized spacial score (nSPS) is 39.9. The van der Waals surface area contributed by atoms with Crippen molar-refractivity contribution >= 4 is 27.6 Å². The quantitative estimate of drug-likeness (QED) is 0.564. The first-order valence-corrected chi connectivity index (χ1v) is 11.6. The lowest BCUT2D eigenvalue weighted by Gasteiger charge is -2.55. The van der Waals surface area contributed by atoms with Gasteiger partial charge < -0.3 is 4.90 Å². The molecule has 0 aromatic carbocycles. The van der Waals surface area contributed by atoms with Crippen molar-refractivity contribution in [2.75, 3.05) is 12.4 Å². The zero-order chi connectivity index (χ0) is 18.9. The predicted molar refractivity (Wildman–Crippen MR) is 109 cm³/mol. The lowest BCUT2D eigenvalue weighted by molar-refractivity contribution is -0.134. The van der Waals surface area contributed by atoms with E-state index in [4.69, 9.17) is 0 Å². The monoisotopic (exact) mass is 423 g/mol. The number of amides is 1. The van der Waals surface area contributed by atoms with E-state index in [9.17, 15) is 9.59 Å². The van der Waals surface area contributed by atoms with Crippen molar-refractivity contribution < 1.29 is 9.59 Å². The second-order valence-electron chi connectivity index (χ2n) is 9.02. The number of rotatable bonds is 6. The van der Waals surface area contributed by atoms with Crippen LogP contribution in [0.15, 0.2) is 12.2 Å². The van der Waals surface area contributed by atoms with Crippen molar-refractivity contribution in [3.05, 3.63) is 12.2 Å². The van der Waals surface area contributed by atoms with Crippen molar-refractivity contribution in [3.8, 4) is 0 Å². The van der Waals surface area contributed by atoms with Crippen LogP contribution in [0.4, 0.5) is 0 Å². The van der Waals surface area contributed by atoms with Crippen molar-refractivity contribution in [3.63, 3.8) is 0 Å². The molecule has 0 bridgehead atoms. The van der Waals surface area contributed by atoms with Crippen LogP contribution >= 0.6 is 15.9 Å². The van der Waals surface area contributed by atoms with Gasteiger partial charge in [0, 0.05) is 24.4 Å². The SMILES string of the molecule is CCCCC1C([C@@H]2CC[C@H](C(=O)CBr)C2)CC[C@H]2N(C)C(=O)C=C[C@]12C. The number of hydrogen-bond donors (Lipinski definition) is 0. The van der Waals surface area contributed by atoms with E-state index >= 15 is 0 Å². The van der Waals surface area contributed by atoms with Gasteiger partial charge in [-0.1, -0.05) is 48.7 Å². The second-order valence-corrected chi connectivity index (χ2v) is 9.58. The predicted octanol–water partition coefficient (Wildman–Crippen LogP) is 4.99. The lowest BCUT2D eigenvalue weighted by Crippen LogP contribution is -2.57. The van der Waals surface area contributed by atoms with Crippen LogP contribution in [0.2, 0.25) is 0 Å². The number of carbonyl (C=O) groups is 2. The molecule has 1 aliphatic heterocycles. The van der Waals surface area contributed by atoms with Gasteiger partial charge in [0.1, 0.15) is 5.78 Å². The van der Waals surface area contributed by atoms with E-state index in [1.165, 1.54) is 32.1 Å². The molecule has 6 atom stereocenters. The molecule has 146 valence electrons. The minimum Gasteiger partial charge on any atom is -0.338 e. The highest BCUT2D eigenvalue weighted by Crippen LogP contribution is 2.55. The average molecular weight is 424 g/mol. The molecule has 0 aromatic heterocycles. The Morgan fingerprint density at radius 1 is 1.31 bits per heavy atom. The number of ketones is 1. The van der Waals surface area contributed by atoms with Gasteiger partial charge in [0.05, 0.1) is 5.33 Å². The zero-order valence-corrected chi connectivity index (χ0v) is 18.1. The topological polar surface area (TPSA) is 37.4 Å². The molecular weight excluding hydrogens is 390 g/mol. The Morgan fingerprint density at radius 2 is 2.08 bits per heavy atom. The number of alkyl halides is 1. The third kappa shape index (κ3) is 3.55. The largest absolute Gasteiger partial charge is 0.338 e. The molecule has 1 heterocycles. The third-order valence-corrected chi connectivity index (χ3v) is 8.29. The van der Waals surface area contributed by atoms with Gasteiger partial charge in [-0.25, -0.2) is 0 Å². The van der Waals surface area contributed by atoms with Gasteiger partial charge in [0.15, 0.2) is 0 Å². The Labute approximate surface area is 167 Å². The summed E-state index contributed by atoms with van der Waals surface area (Å²) < 4.78 is 0. The Bertz CT molecular complexity index is 574. The van der Waals surface area contributed by atoms with Gasteiger partial charge >= 0.3 is 0 Å². The van der Waals surface area contributed by atoms with Gasteiger partial charge in [-0.15, -0.1) is 0 Å². The van der Waals surface area contributed by atoms with E-state index in [-0.39, 0.29) is 17.2 Å². The van der Waals surface area contributed by atoms with Crippen LogP contribution in [0.25, 0.3) is 0 Å². The molecule has 0 spiro atoms. The van der Waals surface area contributed by atoms with Crippen LogP contribution < -0.4 is 0 Å². The summed E-state index contributed by atoms with van der Waals surface area (Å²) in [5.74, 6) is 2.81. The Kier molecular flexibility index (Phi) is 6.31. The molecule has 2 fully saturated rings. The standard InChI is InChI=1S/C22H34BrNO2/c1-4-5-6-18-17(15-7-8-16(13-15)19(25)14-23)9-10-20-22(18,2)12-11-21(26)24(20)3/h11-12,15-18,20H,4-10,13-14H2,1-3H3/t15-,16+,17?,18?,20-,22-/m1/s1. The van der Waals surface area contributed by atoms with Gasteiger partial charge in [0.25, 0.3) is 0 Å². The molecule has 0 radical (unpaired) electrons. The van der Waals surface area contributed by atoms with Crippen LogP contribution in [0.3, 0.4) is 0 Å². The van der Waals surface area contributed by atoms with Crippen LogP contribution in [-0.2, 0) is 9.59 Å². The Balaban J connectivity index is 1.83. The number of halogens is 1. The number of fused-ring (bicyclic) bond motifs is 1. The number of hydrogen-bond acceptors (Lipinski definition) is 2. The van der Waals surface area contributed by atoms with E-state index < -0.39 is 0 Å². The fourth-order valence-electron chi connectivity index (χ4n) is 6.26. The molecule has 0 saturated heterocycles. The highest BCUT2D eigenvalue weighted by molar-refractivity contribution is 9.09. The van der Waals surface area contributed by atoms with Crippen LogP contribution in [-0.4, -0.2) is 35.0 Å². The molecule has 3 nitrogen and oxygen atoms in total. The number of unbranched alkanes of at least 4 members (excludes halogenated alkanes) is 1. The molecule has 0 aromatic rings. The molecule has 1 amide bonds. The number of nitrogens with zero attached hydrogens (tertiary/aromatic N) is 1. The number of likely N-dealkylation sites (N-methyl/N-ethyl adjacent to an activating group) is 1. The first-order valence-electron chi connectivity index (χ1n) is 10.5. The molecule has 4 heteroatoms. The minimum atomic E-state index is 0.0816. The van der Waals surface area contributed by atoms with E-state index in [2.05, 4.69) is 35.9 Å². The minimum absolute atomic E-state index is 0.0816. The van der Waals surface area contributed by atoms with E-state index in [1.807, 2.05) is 18.0 Å². The molecule has 3 rings (SSSR count). The molecule has 26 heavy (non-hydrogen) atoms. The number of Topliss-reactive ketones (excluding diaryl/α,β-unsaturated/α-hetero) is 1. The summed E-state index contributed by atoms with van der Waals surface area (Å²) in [7, 11) is 1.98. The smallest absolute Gasteiger partial charge is 0.246 e. The number of carbonyl (C=O) groups excluding carboxylic acids is 2. The lowest BCUT2D eigenvalue weighted by atomic mass is 9.54. The summed E-state index contributed by atoms with van der Waals surface area (Å²) in [6.07, 6.45) is 13.4. The molecule has 0 N–H and O–H groups in total. The summed E-state index contributed by atoms with van der Waals surface area (Å²) in [6.45, 7) is 4.66. The van der Waals surface area contributed by atoms with E-state index in [0.29, 0.717) is 34.9 Å². The Hall–Kier alpha value is -0.640. The summed E-state index contributed by atoms with van der Waals surface area (Å²) in [5.41, 5.74) is 0.0816. The average Bonchev–Trinajstić information content (AvgIpc) is 3.12. The molecule has 3 aliphatic rings. The van der Waals surface area contributed by atoms with Crippen molar-refractivity contribution in [2.24, 2.45) is 29.1 Å². The molecule has 2 saturated carbocycles. The maximum atomic E-state index is 12.2.